The fraction of sp³-hybridized carbons (Fsp3) is 0.478. The molecule has 0 fully saturated rings. The van der Waals surface area contributed by atoms with Crippen molar-refractivity contribution in [3.05, 3.63) is 47.7 Å². The van der Waals surface area contributed by atoms with E-state index >= 15 is 0 Å². The third kappa shape index (κ3) is 5.02. The van der Waals surface area contributed by atoms with Crippen LogP contribution in [0.25, 0.3) is 0 Å². The van der Waals surface area contributed by atoms with Crippen LogP contribution in [0.4, 0.5) is 27.8 Å². The summed E-state index contributed by atoms with van der Waals surface area (Å²) in [5.41, 5.74) is 4.46. The maximum atomic E-state index is 14.9. The first-order chi connectivity index (χ1) is 17.7. The predicted octanol–water partition coefficient (Wildman–Crippen LogP) is 3.75. The van der Waals surface area contributed by atoms with Crippen LogP contribution >= 0.6 is 0 Å². The van der Waals surface area contributed by atoms with Crippen molar-refractivity contribution in [2.24, 2.45) is 15.1 Å². The van der Waals surface area contributed by atoms with E-state index in [4.69, 9.17) is 5.73 Å². The Bertz CT molecular complexity index is 1400. The maximum Gasteiger partial charge on any atom is 0.340 e. The molecule has 0 spiro atoms. The van der Waals surface area contributed by atoms with Crippen molar-refractivity contribution in [2.75, 3.05) is 24.2 Å². The van der Waals surface area contributed by atoms with Gasteiger partial charge in [-0.1, -0.05) is 0 Å². The van der Waals surface area contributed by atoms with E-state index in [2.05, 4.69) is 29.4 Å². The second-order valence-electron chi connectivity index (χ2n) is 9.45. The SMILES string of the molecule is C[C@@]12CCCN=[S@]1(=O)C[C@@](C)(c1nc(NC(=O)c3ccc(OCC(F)(F)C(F)F)cn3)ccc1F)N=C2N. The molecule has 4 heterocycles. The van der Waals surface area contributed by atoms with Crippen molar-refractivity contribution < 1.29 is 35.7 Å². The van der Waals surface area contributed by atoms with E-state index < -0.39 is 50.7 Å². The molecular formula is C23H25F5N6O3S. The van der Waals surface area contributed by atoms with E-state index in [-0.39, 0.29) is 34.5 Å². The highest BCUT2D eigenvalue weighted by Crippen LogP contribution is 2.42. The second-order valence-corrected chi connectivity index (χ2v) is 12.2. The summed E-state index contributed by atoms with van der Waals surface area (Å²) < 4.78 is 87.3. The number of hydrogen-bond donors (Lipinski definition) is 2. The van der Waals surface area contributed by atoms with Crippen molar-refractivity contribution in [1.29, 1.82) is 0 Å². The summed E-state index contributed by atoms with van der Waals surface area (Å²) in [5, 5.41) is 2.44. The Morgan fingerprint density at radius 3 is 2.66 bits per heavy atom. The number of ether oxygens (including phenoxy) is 1. The smallest absolute Gasteiger partial charge is 0.340 e. The molecule has 0 bridgehead atoms. The molecule has 3 atom stereocenters. The topological polar surface area (TPSA) is 132 Å². The van der Waals surface area contributed by atoms with Crippen molar-refractivity contribution in [3.63, 3.8) is 0 Å². The lowest BCUT2D eigenvalue weighted by Crippen LogP contribution is -2.57. The van der Waals surface area contributed by atoms with Gasteiger partial charge in [0.05, 0.1) is 21.7 Å². The van der Waals surface area contributed by atoms with Crippen LogP contribution in [0.15, 0.2) is 39.8 Å². The Labute approximate surface area is 215 Å². The fourth-order valence-electron chi connectivity index (χ4n) is 4.26. The van der Waals surface area contributed by atoms with Gasteiger partial charge in [-0.25, -0.2) is 31.7 Å². The number of carbonyl (C=O) groups is 1. The molecular weight excluding hydrogens is 535 g/mol. The van der Waals surface area contributed by atoms with Gasteiger partial charge in [-0.3, -0.25) is 9.79 Å². The number of halogens is 5. The number of amidine groups is 1. The highest BCUT2D eigenvalue weighted by atomic mass is 32.2. The van der Waals surface area contributed by atoms with E-state index in [0.29, 0.717) is 19.4 Å². The number of pyridine rings is 2. The molecule has 0 unspecified atom stereocenters. The molecule has 2 aromatic heterocycles. The van der Waals surface area contributed by atoms with Gasteiger partial charge in [-0.2, -0.15) is 8.78 Å². The third-order valence-corrected chi connectivity index (χ3v) is 9.89. The van der Waals surface area contributed by atoms with Crippen molar-refractivity contribution >= 4 is 27.3 Å². The minimum Gasteiger partial charge on any atom is -0.485 e. The Morgan fingerprint density at radius 2 is 2.00 bits per heavy atom. The highest BCUT2D eigenvalue weighted by molar-refractivity contribution is 7.95. The molecule has 15 heteroatoms. The van der Waals surface area contributed by atoms with Gasteiger partial charge in [-0.05, 0) is 51.0 Å². The van der Waals surface area contributed by atoms with Crippen LogP contribution in [0.5, 0.6) is 5.75 Å². The Balaban J connectivity index is 1.54. The molecule has 3 N–H and O–H groups in total. The highest BCUT2D eigenvalue weighted by Gasteiger charge is 2.52. The normalized spacial score (nSPS) is 27.2. The van der Waals surface area contributed by atoms with Crippen molar-refractivity contribution in [2.45, 2.75) is 49.3 Å². The van der Waals surface area contributed by atoms with Gasteiger partial charge in [0, 0.05) is 6.54 Å². The number of hydrogen-bond acceptors (Lipinski definition) is 8. The quantitative estimate of drug-likeness (QED) is 0.496. The Morgan fingerprint density at radius 1 is 1.26 bits per heavy atom. The number of carbonyl (C=O) groups excluding carboxylic acids is 1. The molecule has 38 heavy (non-hydrogen) atoms. The first-order valence-corrected chi connectivity index (χ1v) is 13.2. The minimum atomic E-state index is -4.34. The number of amides is 1. The number of rotatable bonds is 7. The first-order valence-electron chi connectivity index (χ1n) is 11.5. The zero-order valence-corrected chi connectivity index (χ0v) is 21.2. The van der Waals surface area contributed by atoms with Crippen LogP contribution in [-0.2, 0) is 15.3 Å². The van der Waals surface area contributed by atoms with Crippen LogP contribution in [0.3, 0.4) is 0 Å². The summed E-state index contributed by atoms with van der Waals surface area (Å²) in [6.45, 7) is 2.12. The second kappa shape index (κ2) is 9.75. The van der Waals surface area contributed by atoms with Crippen LogP contribution in [0.1, 0.15) is 42.9 Å². The van der Waals surface area contributed by atoms with Crippen LogP contribution in [-0.4, -0.2) is 61.9 Å². The van der Waals surface area contributed by atoms with Crippen LogP contribution in [0, 0.1) is 5.82 Å². The van der Waals surface area contributed by atoms with E-state index in [1.165, 1.54) is 6.07 Å². The number of aliphatic imine (C=N–C) groups is 1. The molecule has 0 aliphatic carbocycles. The number of fused-ring (bicyclic) bond motifs is 1. The van der Waals surface area contributed by atoms with Crippen molar-refractivity contribution in [3.8, 4) is 5.75 Å². The van der Waals surface area contributed by atoms with Gasteiger partial charge in [0.15, 0.2) is 6.61 Å². The molecule has 0 saturated heterocycles. The monoisotopic (exact) mass is 560 g/mol. The molecule has 0 saturated carbocycles. The van der Waals surface area contributed by atoms with E-state index in [1.54, 1.807) is 13.8 Å². The predicted molar refractivity (Wildman–Crippen MR) is 130 cm³/mol. The van der Waals surface area contributed by atoms with E-state index in [0.717, 1.165) is 24.4 Å². The number of nitrogens with two attached hydrogens (primary N) is 1. The molecule has 2 aliphatic rings. The van der Waals surface area contributed by atoms with E-state index in [1.807, 2.05) is 0 Å². The average molecular weight is 561 g/mol. The lowest BCUT2D eigenvalue weighted by Gasteiger charge is -2.43. The molecule has 9 nitrogen and oxygen atoms in total. The van der Waals surface area contributed by atoms with Crippen LogP contribution in [0.2, 0.25) is 0 Å². The molecule has 0 aromatic carbocycles. The molecule has 4 rings (SSSR count). The van der Waals surface area contributed by atoms with Crippen molar-refractivity contribution in [1.82, 2.24) is 9.97 Å². The zero-order chi connectivity index (χ0) is 27.9. The number of nitrogens with one attached hydrogen (secondary N) is 1. The number of alkyl halides is 4. The zero-order valence-electron chi connectivity index (χ0n) is 20.4. The maximum absolute atomic E-state index is 14.9. The molecule has 1 amide bonds. The Kier molecular flexibility index (Phi) is 7.10. The standard InChI is InChI=1S/C23H25F5N6O3S/c1-21(12-38(36)22(2,20(29)34-21)8-3-9-31-38)17-14(24)5-7-16(32-17)33-18(35)15-6-4-13(10-30-15)37-11-23(27,28)19(25)26/h4-7,10,19H,3,8-9,11-12H2,1-2H3,(H2,29,34)(H,32,33,35)/t21-,22-,38-/m0/s1. The largest absolute Gasteiger partial charge is 0.485 e. The first kappa shape index (κ1) is 27.7. The molecule has 2 aliphatic heterocycles. The number of nitrogens with zero attached hydrogens (tertiary/aromatic N) is 4. The van der Waals surface area contributed by atoms with Gasteiger partial charge in [0.2, 0.25) is 0 Å². The minimum absolute atomic E-state index is 0.0658. The fourth-order valence-corrected chi connectivity index (χ4v) is 7.18. The molecule has 2 aromatic rings. The Hall–Kier alpha value is -3.36. The summed E-state index contributed by atoms with van der Waals surface area (Å²) in [6, 6.07) is 4.50. The lowest BCUT2D eigenvalue weighted by molar-refractivity contribution is -0.148. The molecule has 0 radical (unpaired) electrons. The average Bonchev–Trinajstić information content (AvgIpc) is 2.85. The summed E-state index contributed by atoms with van der Waals surface area (Å²) in [6.07, 6.45) is -1.73. The van der Waals surface area contributed by atoms with Gasteiger partial charge >= 0.3 is 12.3 Å². The van der Waals surface area contributed by atoms with Gasteiger partial charge < -0.3 is 15.8 Å². The van der Waals surface area contributed by atoms with Gasteiger partial charge in [0.25, 0.3) is 5.91 Å². The van der Waals surface area contributed by atoms with Crippen LogP contribution < -0.4 is 15.8 Å². The summed E-state index contributed by atoms with van der Waals surface area (Å²) in [5.74, 6) is -6.19. The number of aromatic nitrogens is 2. The third-order valence-electron chi connectivity index (χ3n) is 6.52. The van der Waals surface area contributed by atoms with E-state index in [9.17, 15) is 31.0 Å². The summed E-state index contributed by atoms with van der Waals surface area (Å²) in [4.78, 5) is 25.1. The number of anilines is 1. The summed E-state index contributed by atoms with van der Waals surface area (Å²) in [7, 11) is -2.89. The van der Waals surface area contributed by atoms with Gasteiger partial charge in [0.1, 0.15) is 44.9 Å². The lowest BCUT2D eigenvalue weighted by atomic mass is 9.96. The van der Waals surface area contributed by atoms with Gasteiger partial charge in [-0.15, -0.1) is 0 Å². The molecule has 206 valence electrons. The summed E-state index contributed by atoms with van der Waals surface area (Å²) >= 11 is 0.